The first-order chi connectivity index (χ1) is 11.2. The molecule has 2 aromatic rings. The third kappa shape index (κ3) is 3.14. The number of likely N-dealkylation sites (N-methyl/N-ethyl adjacent to an activating group) is 1. The van der Waals surface area contributed by atoms with Crippen LogP contribution in [0, 0.1) is 0 Å². The van der Waals surface area contributed by atoms with Crippen LogP contribution in [0.3, 0.4) is 0 Å². The zero-order valence-electron chi connectivity index (χ0n) is 13.6. The Morgan fingerprint density at radius 3 is 2.70 bits per heavy atom. The number of nitrogens with one attached hydrogen (secondary N) is 1. The Kier molecular flexibility index (Phi) is 4.73. The highest BCUT2D eigenvalue weighted by atomic mass is 35.5. The van der Waals surface area contributed by atoms with Crippen molar-refractivity contribution in [2.75, 3.05) is 38.8 Å². The molecule has 1 aliphatic rings. The minimum absolute atomic E-state index is 0.242. The van der Waals surface area contributed by atoms with Gasteiger partial charge in [0.25, 0.3) is 0 Å². The lowest BCUT2D eigenvalue weighted by Crippen LogP contribution is -2.32. The molecule has 1 aromatic heterocycles. The van der Waals surface area contributed by atoms with E-state index in [4.69, 9.17) is 21.1 Å². The summed E-state index contributed by atoms with van der Waals surface area (Å²) in [4.78, 5) is 11.0. The van der Waals surface area contributed by atoms with Crippen molar-refractivity contribution in [1.29, 1.82) is 0 Å². The second-order valence-corrected chi connectivity index (χ2v) is 5.87. The molecule has 1 N–H and O–H groups in total. The average molecular weight is 337 g/mol. The second kappa shape index (κ2) is 6.76. The monoisotopic (exact) mass is 336 g/mol. The molecule has 1 aliphatic heterocycles. The number of methoxy groups -OCH3 is 2. The zero-order valence-corrected chi connectivity index (χ0v) is 14.4. The summed E-state index contributed by atoms with van der Waals surface area (Å²) in [5, 5.41) is 4.65. The summed E-state index contributed by atoms with van der Waals surface area (Å²) in [5.41, 5.74) is 0.754. The third-order valence-corrected chi connectivity index (χ3v) is 4.30. The summed E-state index contributed by atoms with van der Waals surface area (Å²) in [5.74, 6) is 2.14. The van der Waals surface area contributed by atoms with Crippen LogP contribution in [0.25, 0.3) is 10.9 Å². The highest BCUT2D eigenvalue weighted by Crippen LogP contribution is 2.36. The van der Waals surface area contributed by atoms with Crippen LogP contribution in [-0.4, -0.2) is 49.9 Å². The van der Waals surface area contributed by atoms with Gasteiger partial charge in [-0.3, -0.25) is 0 Å². The maximum Gasteiger partial charge on any atom is 0.224 e. The first kappa shape index (κ1) is 16.1. The molecule has 0 spiro atoms. The maximum atomic E-state index is 6.13. The molecule has 2 heterocycles. The van der Waals surface area contributed by atoms with Crippen LogP contribution in [-0.2, 0) is 0 Å². The molecule has 23 heavy (non-hydrogen) atoms. The number of rotatable bonds is 5. The Labute approximate surface area is 140 Å². The van der Waals surface area contributed by atoms with Crippen LogP contribution < -0.4 is 19.7 Å². The van der Waals surface area contributed by atoms with Crippen LogP contribution in [0.2, 0.25) is 5.28 Å². The number of benzene rings is 1. The van der Waals surface area contributed by atoms with Crippen molar-refractivity contribution in [1.82, 2.24) is 15.3 Å². The highest BCUT2D eigenvalue weighted by molar-refractivity contribution is 6.28. The smallest absolute Gasteiger partial charge is 0.224 e. The number of ether oxygens (including phenoxy) is 2. The fourth-order valence-electron chi connectivity index (χ4n) is 3.06. The molecule has 0 amide bonds. The standard InChI is InChI=1S/C16H21ClN4O2/c1-4-18-10-5-6-21(9-10)15-11-7-13(22-2)14(23-3)8-12(11)19-16(17)20-15/h7-8,10,18H,4-6,9H2,1-3H3. The molecule has 0 bridgehead atoms. The Morgan fingerprint density at radius 1 is 1.26 bits per heavy atom. The molecule has 0 saturated carbocycles. The Hall–Kier alpha value is -1.79. The first-order valence-corrected chi connectivity index (χ1v) is 8.11. The van der Waals surface area contributed by atoms with Gasteiger partial charge in [-0.1, -0.05) is 6.92 Å². The minimum Gasteiger partial charge on any atom is -0.493 e. The van der Waals surface area contributed by atoms with Crippen molar-refractivity contribution >= 4 is 28.3 Å². The van der Waals surface area contributed by atoms with Gasteiger partial charge in [0, 0.05) is 30.6 Å². The number of anilines is 1. The number of hydrogen-bond donors (Lipinski definition) is 1. The lowest BCUT2D eigenvalue weighted by Gasteiger charge is -2.20. The first-order valence-electron chi connectivity index (χ1n) is 7.73. The molecule has 1 atom stereocenters. The molecule has 1 unspecified atom stereocenters. The van der Waals surface area contributed by atoms with E-state index in [0.29, 0.717) is 17.5 Å². The van der Waals surface area contributed by atoms with Gasteiger partial charge in [-0.2, -0.15) is 4.98 Å². The minimum atomic E-state index is 0.242. The van der Waals surface area contributed by atoms with E-state index >= 15 is 0 Å². The SMILES string of the molecule is CCNC1CCN(c2nc(Cl)nc3cc(OC)c(OC)cc23)C1. The van der Waals surface area contributed by atoms with E-state index in [9.17, 15) is 0 Å². The molecular weight excluding hydrogens is 316 g/mol. The Balaban J connectivity index is 2.06. The van der Waals surface area contributed by atoms with Crippen LogP contribution >= 0.6 is 11.6 Å². The van der Waals surface area contributed by atoms with Gasteiger partial charge >= 0.3 is 0 Å². The summed E-state index contributed by atoms with van der Waals surface area (Å²) in [6.45, 7) is 4.94. The summed E-state index contributed by atoms with van der Waals surface area (Å²) < 4.78 is 10.8. The lowest BCUT2D eigenvalue weighted by atomic mass is 10.2. The number of nitrogens with zero attached hydrogens (tertiary/aromatic N) is 3. The molecular formula is C16H21ClN4O2. The number of halogens is 1. The second-order valence-electron chi connectivity index (χ2n) is 5.53. The predicted octanol–water partition coefficient (Wildman–Crippen LogP) is 2.49. The number of fused-ring (bicyclic) bond motifs is 1. The van der Waals surface area contributed by atoms with Gasteiger partial charge in [0.2, 0.25) is 5.28 Å². The fraction of sp³-hybridized carbons (Fsp3) is 0.500. The molecule has 7 heteroatoms. The van der Waals surface area contributed by atoms with Crippen molar-refractivity contribution in [2.45, 2.75) is 19.4 Å². The Bertz CT molecular complexity index is 710. The van der Waals surface area contributed by atoms with Crippen LogP contribution in [0.15, 0.2) is 12.1 Å². The van der Waals surface area contributed by atoms with Crippen molar-refractivity contribution in [3.8, 4) is 11.5 Å². The Morgan fingerprint density at radius 2 is 2.00 bits per heavy atom. The molecule has 0 aliphatic carbocycles. The lowest BCUT2D eigenvalue weighted by molar-refractivity contribution is 0.356. The fourth-order valence-corrected chi connectivity index (χ4v) is 3.23. The van der Waals surface area contributed by atoms with Crippen molar-refractivity contribution in [3.05, 3.63) is 17.4 Å². The van der Waals surface area contributed by atoms with Gasteiger partial charge in [-0.15, -0.1) is 0 Å². The van der Waals surface area contributed by atoms with E-state index in [0.717, 1.165) is 42.8 Å². The molecule has 1 saturated heterocycles. The summed E-state index contributed by atoms with van der Waals surface area (Å²) in [6, 6.07) is 4.23. The van der Waals surface area contributed by atoms with Crippen molar-refractivity contribution in [2.24, 2.45) is 0 Å². The van der Waals surface area contributed by atoms with Gasteiger partial charge in [0.15, 0.2) is 11.5 Å². The maximum absolute atomic E-state index is 6.13. The van der Waals surface area contributed by atoms with E-state index < -0.39 is 0 Å². The largest absolute Gasteiger partial charge is 0.493 e. The highest BCUT2D eigenvalue weighted by Gasteiger charge is 2.25. The summed E-state index contributed by atoms with van der Waals surface area (Å²) in [7, 11) is 3.23. The molecule has 124 valence electrons. The molecule has 3 rings (SSSR count). The topological polar surface area (TPSA) is 59.5 Å². The predicted molar refractivity (Wildman–Crippen MR) is 91.9 cm³/mol. The average Bonchev–Trinajstić information content (AvgIpc) is 3.01. The quantitative estimate of drug-likeness (QED) is 0.846. The van der Waals surface area contributed by atoms with E-state index in [-0.39, 0.29) is 5.28 Å². The van der Waals surface area contributed by atoms with Gasteiger partial charge in [0.1, 0.15) is 5.82 Å². The van der Waals surface area contributed by atoms with Crippen LogP contribution in [0.1, 0.15) is 13.3 Å². The van der Waals surface area contributed by atoms with E-state index in [1.54, 1.807) is 14.2 Å². The van der Waals surface area contributed by atoms with Crippen molar-refractivity contribution < 1.29 is 9.47 Å². The van der Waals surface area contributed by atoms with E-state index in [1.165, 1.54) is 0 Å². The summed E-state index contributed by atoms with van der Waals surface area (Å²) >= 11 is 6.13. The van der Waals surface area contributed by atoms with Crippen LogP contribution in [0.5, 0.6) is 11.5 Å². The molecule has 6 nitrogen and oxygen atoms in total. The van der Waals surface area contributed by atoms with Gasteiger partial charge in [-0.05, 0) is 30.6 Å². The molecule has 1 fully saturated rings. The van der Waals surface area contributed by atoms with E-state index in [1.807, 2.05) is 12.1 Å². The normalized spacial score (nSPS) is 17.7. The molecule has 1 aromatic carbocycles. The van der Waals surface area contributed by atoms with Crippen LogP contribution in [0.4, 0.5) is 5.82 Å². The zero-order chi connectivity index (χ0) is 16.4. The summed E-state index contributed by atoms with van der Waals surface area (Å²) in [6.07, 6.45) is 1.09. The third-order valence-electron chi connectivity index (χ3n) is 4.13. The van der Waals surface area contributed by atoms with Gasteiger partial charge in [0.05, 0.1) is 19.7 Å². The van der Waals surface area contributed by atoms with Gasteiger partial charge in [-0.25, -0.2) is 4.98 Å². The molecule has 0 radical (unpaired) electrons. The van der Waals surface area contributed by atoms with E-state index in [2.05, 4.69) is 27.1 Å². The van der Waals surface area contributed by atoms with Gasteiger partial charge < -0.3 is 19.7 Å². The number of hydrogen-bond acceptors (Lipinski definition) is 6. The van der Waals surface area contributed by atoms with Crippen molar-refractivity contribution in [3.63, 3.8) is 0 Å². The number of aromatic nitrogens is 2.